The number of hydrogen-bond donors (Lipinski definition) is 2. The second-order valence-corrected chi connectivity index (χ2v) is 5.47. The molecule has 0 atom stereocenters. The Morgan fingerprint density at radius 1 is 1.41 bits per heavy atom. The average Bonchev–Trinajstić information content (AvgIpc) is 3.06. The Morgan fingerprint density at radius 2 is 2.14 bits per heavy atom. The molecule has 0 unspecified atom stereocenters. The first-order valence-corrected chi connectivity index (χ1v) is 7.40. The van der Waals surface area contributed by atoms with E-state index in [-0.39, 0.29) is 12.5 Å². The molecule has 0 bridgehead atoms. The fourth-order valence-corrected chi connectivity index (χ4v) is 2.17. The number of benzene rings is 1. The average molecular weight is 324 g/mol. The van der Waals surface area contributed by atoms with Gasteiger partial charge in [0.15, 0.2) is 0 Å². The number of tetrazole rings is 1. The largest absolute Gasteiger partial charge is 0.388 e. The van der Waals surface area contributed by atoms with E-state index in [0.717, 1.165) is 0 Å². The summed E-state index contributed by atoms with van der Waals surface area (Å²) in [6, 6.07) is 4.87. The Morgan fingerprint density at radius 3 is 2.73 bits per heavy atom. The van der Waals surface area contributed by atoms with Gasteiger partial charge in [0.25, 0.3) is 5.91 Å². The third-order valence-corrected chi connectivity index (χ3v) is 3.93. The highest BCUT2D eigenvalue weighted by Gasteiger charge is 2.24. The molecule has 0 aliphatic heterocycles. The van der Waals surface area contributed by atoms with Crippen molar-refractivity contribution in [2.45, 2.75) is 32.3 Å². The van der Waals surface area contributed by atoms with Crippen molar-refractivity contribution in [3.05, 3.63) is 35.1 Å². The second kappa shape index (κ2) is 6.85. The minimum Gasteiger partial charge on any atom is -0.388 e. The van der Waals surface area contributed by atoms with Gasteiger partial charge in [0.1, 0.15) is 6.33 Å². The van der Waals surface area contributed by atoms with Crippen LogP contribution in [0.5, 0.6) is 0 Å². The van der Waals surface area contributed by atoms with Gasteiger partial charge in [-0.1, -0.05) is 25.4 Å². The van der Waals surface area contributed by atoms with Crippen molar-refractivity contribution < 1.29 is 9.90 Å². The highest BCUT2D eigenvalue weighted by atomic mass is 35.5. The van der Waals surface area contributed by atoms with E-state index in [1.807, 2.05) is 13.8 Å². The van der Waals surface area contributed by atoms with Crippen molar-refractivity contribution in [1.29, 1.82) is 0 Å². The molecule has 0 radical (unpaired) electrons. The van der Waals surface area contributed by atoms with E-state index >= 15 is 0 Å². The van der Waals surface area contributed by atoms with Crippen LogP contribution in [0.3, 0.4) is 0 Å². The number of aromatic nitrogens is 4. The van der Waals surface area contributed by atoms with Crippen molar-refractivity contribution >= 4 is 17.5 Å². The topological polar surface area (TPSA) is 92.9 Å². The molecule has 2 N–H and O–H groups in total. The molecular weight excluding hydrogens is 306 g/mol. The van der Waals surface area contributed by atoms with Gasteiger partial charge in [0, 0.05) is 11.6 Å². The van der Waals surface area contributed by atoms with Crippen LogP contribution in [0.15, 0.2) is 24.5 Å². The summed E-state index contributed by atoms with van der Waals surface area (Å²) in [7, 11) is 0. The number of nitrogens with one attached hydrogen (secondary N) is 1. The van der Waals surface area contributed by atoms with E-state index < -0.39 is 5.60 Å². The van der Waals surface area contributed by atoms with Crippen LogP contribution in [-0.2, 0) is 0 Å². The highest BCUT2D eigenvalue weighted by Crippen LogP contribution is 2.19. The Bertz CT molecular complexity index is 641. The summed E-state index contributed by atoms with van der Waals surface area (Å²) >= 11 is 5.98. The molecule has 1 heterocycles. The number of nitrogens with zero attached hydrogens (tertiary/aromatic N) is 4. The molecule has 0 aliphatic carbocycles. The Kier molecular flexibility index (Phi) is 5.10. The minimum atomic E-state index is -0.913. The number of carbonyl (C=O) groups excluding carboxylic acids is 1. The second-order valence-electron chi connectivity index (χ2n) is 5.03. The number of rotatable bonds is 6. The molecule has 8 heteroatoms. The monoisotopic (exact) mass is 323 g/mol. The normalized spacial score (nSPS) is 11.5. The van der Waals surface area contributed by atoms with E-state index in [0.29, 0.717) is 29.1 Å². The first-order chi connectivity index (χ1) is 10.5. The standard InChI is InChI=1S/C14H18ClN5O2/c1-3-14(22,4-2)8-16-13(21)11-7-10(15)5-6-12(11)20-9-17-18-19-20/h5-7,9,22H,3-4,8H2,1-2H3,(H,16,21). The zero-order valence-corrected chi connectivity index (χ0v) is 13.2. The van der Waals surface area contributed by atoms with Crippen LogP contribution in [-0.4, -0.2) is 43.4 Å². The SMILES string of the molecule is CCC(O)(CC)CNC(=O)c1cc(Cl)ccc1-n1cnnn1. The predicted molar refractivity (Wildman–Crippen MR) is 82.0 cm³/mol. The zero-order chi connectivity index (χ0) is 16.2. The van der Waals surface area contributed by atoms with E-state index in [4.69, 9.17) is 11.6 Å². The lowest BCUT2D eigenvalue weighted by Gasteiger charge is -2.25. The van der Waals surface area contributed by atoms with Gasteiger partial charge in [-0.25, -0.2) is 0 Å². The van der Waals surface area contributed by atoms with Crippen molar-refractivity contribution in [3.8, 4) is 5.69 Å². The Labute approximate surface area is 133 Å². The van der Waals surface area contributed by atoms with Gasteiger partial charge in [0.05, 0.1) is 16.9 Å². The summed E-state index contributed by atoms with van der Waals surface area (Å²) in [6.45, 7) is 3.92. The van der Waals surface area contributed by atoms with Crippen LogP contribution in [0.2, 0.25) is 5.02 Å². The number of hydrogen-bond acceptors (Lipinski definition) is 5. The lowest BCUT2D eigenvalue weighted by molar-refractivity contribution is 0.0314. The molecule has 0 spiro atoms. The third-order valence-electron chi connectivity index (χ3n) is 3.69. The molecule has 0 aliphatic rings. The molecular formula is C14H18ClN5O2. The summed E-state index contributed by atoms with van der Waals surface area (Å²) in [4.78, 5) is 12.4. The van der Waals surface area contributed by atoms with Crippen LogP contribution < -0.4 is 5.32 Å². The molecule has 1 aromatic carbocycles. The summed E-state index contributed by atoms with van der Waals surface area (Å²) in [6.07, 6.45) is 2.51. The fourth-order valence-electron chi connectivity index (χ4n) is 2.00. The van der Waals surface area contributed by atoms with Crippen molar-refractivity contribution in [3.63, 3.8) is 0 Å². The maximum absolute atomic E-state index is 12.4. The van der Waals surface area contributed by atoms with Gasteiger partial charge < -0.3 is 10.4 Å². The number of carbonyl (C=O) groups is 1. The quantitative estimate of drug-likeness (QED) is 0.842. The van der Waals surface area contributed by atoms with E-state index in [9.17, 15) is 9.90 Å². The van der Waals surface area contributed by atoms with Crippen molar-refractivity contribution in [2.24, 2.45) is 0 Å². The van der Waals surface area contributed by atoms with Crippen LogP contribution >= 0.6 is 11.6 Å². The molecule has 1 amide bonds. The summed E-state index contributed by atoms with van der Waals surface area (Å²) in [5, 5.41) is 24.3. The van der Waals surface area contributed by atoms with Crippen molar-refractivity contribution in [2.75, 3.05) is 6.54 Å². The van der Waals surface area contributed by atoms with Gasteiger partial charge in [-0.15, -0.1) is 5.10 Å². The molecule has 0 fully saturated rings. The molecule has 118 valence electrons. The smallest absolute Gasteiger partial charge is 0.253 e. The lowest BCUT2D eigenvalue weighted by Crippen LogP contribution is -2.42. The van der Waals surface area contributed by atoms with E-state index in [1.165, 1.54) is 11.0 Å². The predicted octanol–water partition coefficient (Wildman–Crippen LogP) is 1.60. The maximum atomic E-state index is 12.4. The Balaban J connectivity index is 2.24. The van der Waals surface area contributed by atoms with Gasteiger partial charge in [-0.05, 0) is 41.5 Å². The lowest BCUT2D eigenvalue weighted by atomic mass is 9.97. The van der Waals surface area contributed by atoms with Gasteiger partial charge in [-0.2, -0.15) is 4.68 Å². The van der Waals surface area contributed by atoms with Gasteiger partial charge >= 0.3 is 0 Å². The Hall–Kier alpha value is -1.99. The first-order valence-electron chi connectivity index (χ1n) is 7.02. The van der Waals surface area contributed by atoms with Gasteiger partial charge in [-0.3, -0.25) is 4.79 Å². The summed E-state index contributed by atoms with van der Waals surface area (Å²) in [5.41, 5.74) is -0.0544. The first kappa shape index (κ1) is 16.4. The molecule has 2 rings (SSSR count). The maximum Gasteiger partial charge on any atom is 0.253 e. The van der Waals surface area contributed by atoms with E-state index in [2.05, 4.69) is 20.8 Å². The molecule has 2 aromatic rings. The van der Waals surface area contributed by atoms with Crippen molar-refractivity contribution in [1.82, 2.24) is 25.5 Å². The number of amides is 1. The van der Waals surface area contributed by atoms with Crippen LogP contribution in [0.1, 0.15) is 37.0 Å². The number of aliphatic hydroxyl groups is 1. The van der Waals surface area contributed by atoms with Crippen LogP contribution in [0, 0.1) is 0 Å². The summed E-state index contributed by atoms with van der Waals surface area (Å²) in [5.74, 6) is -0.340. The molecule has 7 nitrogen and oxygen atoms in total. The van der Waals surface area contributed by atoms with Gasteiger partial charge in [0.2, 0.25) is 0 Å². The van der Waals surface area contributed by atoms with E-state index in [1.54, 1.807) is 18.2 Å². The number of halogens is 1. The fraction of sp³-hybridized carbons (Fsp3) is 0.429. The minimum absolute atomic E-state index is 0.167. The molecule has 22 heavy (non-hydrogen) atoms. The summed E-state index contributed by atoms with van der Waals surface area (Å²) < 4.78 is 1.39. The van der Waals surface area contributed by atoms with Crippen LogP contribution in [0.25, 0.3) is 5.69 Å². The highest BCUT2D eigenvalue weighted by molar-refractivity contribution is 6.31. The molecule has 0 saturated carbocycles. The zero-order valence-electron chi connectivity index (χ0n) is 12.5. The third kappa shape index (κ3) is 3.61. The molecule has 0 saturated heterocycles. The molecule has 1 aromatic heterocycles. The van der Waals surface area contributed by atoms with Crippen LogP contribution in [0.4, 0.5) is 0 Å².